The highest BCUT2D eigenvalue weighted by molar-refractivity contribution is 6.30. The van der Waals surface area contributed by atoms with Crippen LogP contribution < -0.4 is 10.1 Å². The van der Waals surface area contributed by atoms with Crippen molar-refractivity contribution in [3.63, 3.8) is 0 Å². The quantitative estimate of drug-likeness (QED) is 0.891. The molecule has 0 spiro atoms. The Hall–Kier alpha value is -0.940. The zero-order valence-corrected chi connectivity index (χ0v) is 9.32. The van der Waals surface area contributed by atoms with Crippen LogP contribution in [0.15, 0.2) is 18.2 Å². The van der Waals surface area contributed by atoms with E-state index in [4.69, 9.17) is 11.6 Å². The fraction of sp³-hybridized carbons (Fsp3) is 0.400. The molecule has 90 valence electrons. The van der Waals surface area contributed by atoms with Crippen LogP contribution in [0.1, 0.15) is 5.56 Å². The Morgan fingerprint density at radius 2 is 2.06 bits per heavy atom. The van der Waals surface area contributed by atoms with Crippen LogP contribution in [0.2, 0.25) is 5.02 Å². The summed E-state index contributed by atoms with van der Waals surface area (Å²) in [5.74, 6) is 0.191. The van der Waals surface area contributed by atoms with E-state index in [2.05, 4.69) is 10.1 Å². The van der Waals surface area contributed by atoms with Crippen LogP contribution in [0.4, 0.5) is 13.2 Å². The third-order valence-corrected chi connectivity index (χ3v) is 2.02. The second-order valence-electron chi connectivity index (χ2n) is 3.19. The fourth-order valence-corrected chi connectivity index (χ4v) is 1.37. The van der Waals surface area contributed by atoms with Gasteiger partial charge in [-0.2, -0.15) is 13.2 Å². The molecule has 1 N–H and O–H groups in total. The van der Waals surface area contributed by atoms with Gasteiger partial charge in [-0.3, -0.25) is 0 Å². The monoisotopic (exact) mass is 253 g/mol. The smallest absolute Gasteiger partial charge is 0.422 e. The molecule has 2 nitrogen and oxygen atoms in total. The molecule has 0 radical (unpaired) electrons. The summed E-state index contributed by atoms with van der Waals surface area (Å²) in [5.41, 5.74) is 0.597. The molecule has 0 amide bonds. The summed E-state index contributed by atoms with van der Waals surface area (Å²) in [6.07, 6.45) is -4.34. The maximum absolute atomic E-state index is 12.0. The minimum atomic E-state index is -4.34. The highest BCUT2D eigenvalue weighted by Crippen LogP contribution is 2.25. The lowest BCUT2D eigenvalue weighted by Gasteiger charge is -2.13. The summed E-state index contributed by atoms with van der Waals surface area (Å²) in [6, 6.07) is 4.50. The van der Waals surface area contributed by atoms with E-state index >= 15 is 0 Å². The molecule has 0 aliphatic heterocycles. The Balaban J connectivity index is 2.78. The molecule has 0 aliphatic rings. The van der Waals surface area contributed by atoms with E-state index in [9.17, 15) is 13.2 Å². The van der Waals surface area contributed by atoms with Crippen LogP contribution in [-0.4, -0.2) is 19.8 Å². The molecule has 0 fully saturated rings. The lowest BCUT2D eigenvalue weighted by Crippen LogP contribution is -2.20. The maximum Gasteiger partial charge on any atom is 0.422 e. The van der Waals surface area contributed by atoms with Gasteiger partial charge in [-0.15, -0.1) is 0 Å². The lowest BCUT2D eigenvalue weighted by atomic mass is 10.2. The van der Waals surface area contributed by atoms with Gasteiger partial charge in [-0.1, -0.05) is 11.6 Å². The average molecular weight is 254 g/mol. The van der Waals surface area contributed by atoms with Crippen molar-refractivity contribution in [1.29, 1.82) is 0 Å². The number of benzene rings is 1. The zero-order chi connectivity index (χ0) is 12.2. The van der Waals surface area contributed by atoms with Gasteiger partial charge in [-0.05, 0) is 25.2 Å². The van der Waals surface area contributed by atoms with Gasteiger partial charge >= 0.3 is 6.18 Å². The van der Waals surface area contributed by atoms with Crippen LogP contribution >= 0.6 is 11.6 Å². The van der Waals surface area contributed by atoms with Crippen molar-refractivity contribution < 1.29 is 17.9 Å². The minimum Gasteiger partial charge on any atom is -0.484 e. The normalized spacial score (nSPS) is 11.6. The molecule has 0 unspecified atom stereocenters. The third-order valence-electron chi connectivity index (χ3n) is 1.78. The van der Waals surface area contributed by atoms with E-state index in [1.165, 1.54) is 12.1 Å². The summed E-state index contributed by atoms with van der Waals surface area (Å²) in [7, 11) is 1.69. The Morgan fingerprint density at radius 3 is 2.62 bits per heavy atom. The molecule has 0 saturated heterocycles. The number of nitrogens with one attached hydrogen (secondary N) is 1. The van der Waals surface area contributed by atoms with E-state index in [1.54, 1.807) is 13.1 Å². The molecule has 1 aromatic rings. The van der Waals surface area contributed by atoms with Gasteiger partial charge < -0.3 is 10.1 Å². The predicted octanol–water partition coefficient (Wildman–Crippen LogP) is 3.00. The summed E-state index contributed by atoms with van der Waals surface area (Å²) in [4.78, 5) is 0. The van der Waals surface area contributed by atoms with E-state index in [0.29, 0.717) is 17.1 Å². The SMILES string of the molecule is CNCc1cc(Cl)ccc1OCC(F)(F)F. The molecule has 0 aromatic heterocycles. The molecular formula is C10H11ClF3NO. The Bertz CT molecular complexity index is 354. The van der Waals surface area contributed by atoms with Crippen molar-refractivity contribution in [3.05, 3.63) is 28.8 Å². The van der Waals surface area contributed by atoms with Crippen LogP contribution in [-0.2, 0) is 6.54 Å². The molecular weight excluding hydrogens is 243 g/mol. The zero-order valence-electron chi connectivity index (χ0n) is 8.57. The summed E-state index contributed by atoms with van der Waals surface area (Å²) >= 11 is 5.74. The molecule has 1 rings (SSSR count). The van der Waals surface area contributed by atoms with Gasteiger partial charge in [0.05, 0.1) is 0 Å². The first-order valence-corrected chi connectivity index (χ1v) is 4.93. The van der Waals surface area contributed by atoms with Crippen LogP contribution in [0.3, 0.4) is 0 Å². The van der Waals surface area contributed by atoms with Crippen molar-refractivity contribution in [2.24, 2.45) is 0 Å². The van der Waals surface area contributed by atoms with Gasteiger partial charge in [0.15, 0.2) is 6.61 Å². The van der Waals surface area contributed by atoms with Gasteiger partial charge in [-0.25, -0.2) is 0 Å². The van der Waals surface area contributed by atoms with Gasteiger partial charge in [0.1, 0.15) is 5.75 Å². The van der Waals surface area contributed by atoms with Crippen LogP contribution in [0, 0.1) is 0 Å². The lowest BCUT2D eigenvalue weighted by molar-refractivity contribution is -0.153. The summed E-state index contributed by atoms with van der Waals surface area (Å²) in [5, 5.41) is 3.29. The first-order chi connectivity index (χ1) is 7.42. The molecule has 0 bridgehead atoms. The van der Waals surface area contributed by atoms with Crippen molar-refractivity contribution >= 4 is 11.6 Å². The highest BCUT2D eigenvalue weighted by atomic mass is 35.5. The molecule has 16 heavy (non-hydrogen) atoms. The van der Waals surface area contributed by atoms with E-state index < -0.39 is 12.8 Å². The molecule has 0 heterocycles. The average Bonchev–Trinajstić information content (AvgIpc) is 2.15. The minimum absolute atomic E-state index is 0.191. The number of alkyl halides is 3. The molecule has 0 aliphatic carbocycles. The first kappa shape index (κ1) is 13.1. The first-order valence-electron chi connectivity index (χ1n) is 4.55. The summed E-state index contributed by atoms with van der Waals surface area (Å²) in [6.45, 7) is -0.904. The van der Waals surface area contributed by atoms with Gasteiger partial charge in [0.25, 0.3) is 0 Å². The van der Waals surface area contributed by atoms with Gasteiger partial charge in [0, 0.05) is 17.1 Å². The Kier molecular flexibility index (Phi) is 4.44. The number of hydrogen-bond acceptors (Lipinski definition) is 2. The number of halogens is 4. The summed E-state index contributed by atoms with van der Waals surface area (Å²) < 4.78 is 40.6. The van der Waals surface area contributed by atoms with E-state index in [1.807, 2.05) is 0 Å². The molecule has 6 heteroatoms. The molecule has 1 aromatic carbocycles. The Morgan fingerprint density at radius 1 is 1.38 bits per heavy atom. The molecule has 0 atom stereocenters. The maximum atomic E-state index is 12.0. The van der Waals surface area contributed by atoms with Crippen molar-refractivity contribution in [3.8, 4) is 5.75 Å². The Labute approximate surface area is 96.4 Å². The predicted molar refractivity (Wildman–Crippen MR) is 55.8 cm³/mol. The van der Waals surface area contributed by atoms with Crippen LogP contribution in [0.5, 0.6) is 5.75 Å². The fourth-order valence-electron chi connectivity index (χ4n) is 1.18. The standard InChI is InChI=1S/C10H11ClF3NO/c1-15-5-7-4-8(11)2-3-9(7)16-6-10(12,13)14/h2-4,15H,5-6H2,1H3. The number of hydrogen-bond donors (Lipinski definition) is 1. The van der Waals surface area contributed by atoms with E-state index in [-0.39, 0.29) is 5.75 Å². The largest absolute Gasteiger partial charge is 0.484 e. The van der Waals surface area contributed by atoms with E-state index in [0.717, 1.165) is 0 Å². The third kappa shape index (κ3) is 4.28. The number of rotatable bonds is 4. The van der Waals surface area contributed by atoms with Crippen LogP contribution in [0.25, 0.3) is 0 Å². The van der Waals surface area contributed by atoms with Gasteiger partial charge in [0.2, 0.25) is 0 Å². The van der Waals surface area contributed by atoms with Crippen molar-refractivity contribution in [2.75, 3.05) is 13.7 Å². The van der Waals surface area contributed by atoms with Crippen molar-refractivity contribution in [1.82, 2.24) is 5.32 Å². The topological polar surface area (TPSA) is 21.3 Å². The number of ether oxygens (including phenoxy) is 1. The van der Waals surface area contributed by atoms with Crippen molar-refractivity contribution in [2.45, 2.75) is 12.7 Å². The second kappa shape index (κ2) is 5.41. The molecule has 0 saturated carbocycles. The highest BCUT2D eigenvalue weighted by Gasteiger charge is 2.28. The second-order valence-corrected chi connectivity index (χ2v) is 3.62.